The van der Waals surface area contributed by atoms with Crippen molar-refractivity contribution in [2.75, 3.05) is 19.7 Å². The number of rotatable bonds is 5. The summed E-state index contributed by atoms with van der Waals surface area (Å²) in [6.07, 6.45) is 0.458. The van der Waals surface area contributed by atoms with Crippen molar-refractivity contribution in [2.45, 2.75) is 39.5 Å². The highest BCUT2D eigenvalue weighted by molar-refractivity contribution is 5.55. The maximum absolute atomic E-state index is 5.74. The van der Waals surface area contributed by atoms with Gasteiger partial charge in [-0.25, -0.2) is 0 Å². The predicted molar refractivity (Wildman–Crippen MR) is 86.2 cm³/mol. The summed E-state index contributed by atoms with van der Waals surface area (Å²) >= 11 is 0. The average molecular weight is 317 g/mol. The van der Waals surface area contributed by atoms with Crippen molar-refractivity contribution >= 4 is 0 Å². The van der Waals surface area contributed by atoms with Crippen LogP contribution >= 0.6 is 0 Å². The van der Waals surface area contributed by atoms with E-state index in [1.165, 1.54) is 0 Å². The smallest absolute Gasteiger partial charge is 0.241 e. The molecule has 0 amide bonds. The van der Waals surface area contributed by atoms with E-state index in [-0.39, 0.29) is 12.2 Å². The number of aromatic nitrogens is 2. The van der Waals surface area contributed by atoms with Gasteiger partial charge in [0.25, 0.3) is 0 Å². The van der Waals surface area contributed by atoms with Gasteiger partial charge in [0.15, 0.2) is 0 Å². The van der Waals surface area contributed by atoms with Gasteiger partial charge in [-0.1, -0.05) is 5.16 Å². The fraction of sp³-hybridized carbons (Fsp3) is 0.529. The third-order valence-corrected chi connectivity index (χ3v) is 3.75. The van der Waals surface area contributed by atoms with Crippen molar-refractivity contribution < 1.29 is 14.0 Å². The Balaban J connectivity index is 1.65. The number of nitrogens with zero attached hydrogens (tertiary/aromatic N) is 3. The van der Waals surface area contributed by atoms with E-state index in [1.54, 1.807) is 0 Å². The fourth-order valence-corrected chi connectivity index (χ4v) is 2.91. The second-order valence-corrected chi connectivity index (χ2v) is 5.92. The Morgan fingerprint density at radius 3 is 2.52 bits per heavy atom. The van der Waals surface area contributed by atoms with Crippen LogP contribution in [0.2, 0.25) is 0 Å². The van der Waals surface area contributed by atoms with Gasteiger partial charge in [0.2, 0.25) is 11.7 Å². The molecule has 23 heavy (non-hydrogen) atoms. The Morgan fingerprint density at radius 2 is 1.87 bits per heavy atom. The van der Waals surface area contributed by atoms with Crippen LogP contribution in [0, 0.1) is 0 Å². The average Bonchev–Trinajstić information content (AvgIpc) is 2.96. The summed E-state index contributed by atoms with van der Waals surface area (Å²) in [4.78, 5) is 6.79. The highest BCUT2D eigenvalue weighted by Crippen LogP contribution is 2.21. The molecule has 0 N–H and O–H groups in total. The lowest BCUT2D eigenvalue weighted by molar-refractivity contribution is -0.0725. The molecule has 0 aliphatic carbocycles. The SMILES string of the molecule is CCOc1ccc(-c2noc(CN3CC(C)OC(C)C3)n2)cc1. The van der Waals surface area contributed by atoms with E-state index < -0.39 is 0 Å². The summed E-state index contributed by atoms with van der Waals surface area (Å²) in [6.45, 7) is 9.21. The zero-order valence-corrected chi connectivity index (χ0v) is 13.9. The molecule has 3 rings (SSSR count). The van der Waals surface area contributed by atoms with Crippen molar-refractivity contribution in [1.29, 1.82) is 0 Å². The number of morpholine rings is 1. The Bertz CT molecular complexity index is 616. The Morgan fingerprint density at radius 1 is 1.17 bits per heavy atom. The normalized spacial score (nSPS) is 22.2. The summed E-state index contributed by atoms with van der Waals surface area (Å²) < 4.78 is 16.6. The summed E-state index contributed by atoms with van der Waals surface area (Å²) in [5, 5.41) is 4.08. The molecule has 0 bridgehead atoms. The molecule has 1 aliphatic rings. The van der Waals surface area contributed by atoms with Gasteiger partial charge < -0.3 is 14.0 Å². The van der Waals surface area contributed by atoms with Gasteiger partial charge in [0, 0.05) is 18.7 Å². The van der Waals surface area contributed by atoms with Crippen LogP contribution in [0.25, 0.3) is 11.4 Å². The lowest BCUT2D eigenvalue weighted by atomic mass is 10.2. The minimum absolute atomic E-state index is 0.229. The van der Waals surface area contributed by atoms with E-state index in [1.807, 2.05) is 31.2 Å². The second-order valence-electron chi connectivity index (χ2n) is 5.92. The standard InChI is InChI=1S/C17H23N3O3/c1-4-21-15-7-5-14(6-8-15)17-18-16(23-19-17)11-20-9-12(2)22-13(3)10-20/h5-8,12-13H,4,9-11H2,1-3H3. The Hall–Kier alpha value is -1.92. The zero-order valence-electron chi connectivity index (χ0n) is 13.9. The second kappa shape index (κ2) is 7.10. The molecule has 1 aliphatic heterocycles. The molecular formula is C17H23N3O3. The molecule has 6 heteroatoms. The first kappa shape index (κ1) is 16.0. The van der Waals surface area contributed by atoms with Crippen molar-refractivity contribution in [3.05, 3.63) is 30.2 Å². The summed E-state index contributed by atoms with van der Waals surface area (Å²) in [7, 11) is 0. The summed E-state index contributed by atoms with van der Waals surface area (Å²) in [5.41, 5.74) is 0.923. The maximum atomic E-state index is 5.74. The van der Waals surface area contributed by atoms with Crippen molar-refractivity contribution in [1.82, 2.24) is 15.0 Å². The molecule has 6 nitrogen and oxygen atoms in total. The third-order valence-electron chi connectivity index (χ3n) is 3.75. The molecule has 1 aromatic carbocycles. The number of hydrogen-bond acceptors (Lipinski definition) is 6. The van der Waals surface area contributed by atoms with Gasteiger partial charge in [-0.3, -0.25) is 4.90 Å². The van der Waals surface area contributed by atoms with Crippen LogP contribution < -0.4 is 4.74 Å². The topological polar surface area (TPSA) is 60.6 Å². The number of benzene rings is 1. The lowest BCUT2D eigenvalue weighted by Gasteiger charge is -2.34. The number of ether oxygens (including phenoxy) is 2. The summed E-state index contributed by atoms with van der Waals surface area (Å²) in [6, 6.07) is 7.72. The van der Waals surface area contributed by atoms with Crippen LogP contribution in [-0.2, 0) is 11.3 Å². The maximum Gasteiger partial charge on any atom is 0.241 e. The largest absolute Gasteiger partial charge is 0.494 e. The van der Waals surface area contributed by atoms with Crippen molar-refractivity contribution in [2.24, 2.45) is 0 Å². The van der Waals surface area contributed by atoms with Crippen molar-refractivity contribution in [3.8, 4) is 17.1 Å². The Kier molecular flexibility index (Phi) is 4.93. The molecule has 2 aromatic rings. The first-order valence-corrected chi connectivity index (χ1v) is 8.07. The van der Waals surface area contributed by atoms with Crippen molar-refractivity contribution in [3.63, 3.8) is 0 Å². The third kappa shape index (κ3) is 4.09. The van der Waals surface area contributed by atoms with Crippen LogP contribution in [0.4, 0.5) is 0 Å². The van der Waals surface area contributed by atoms with Gasteiger partial charge in [-0.15, -0.1) is 0 Å². The molecule has 1 saturated heterocycles. The van der Waals surface area contributed by atoms with E-state index in [2.05, 4.69) is 28.9 Å². The summed E-state index contributed by atoms with van der Waals surface area (Å²) in [5.74, 6) is 2.09. The van der Waals surface area contributed by atoms with Crippen LogP contribution in [0.1, 0.15) is 26.7 Å². The minimum Gasteiger partial charge on any atom is -0.494 e. The fourth-order valence-electron chi connectivity index (χ4n) is 2.91. The first-order valence-electron chi connectivity index (χ1n) is 8.07. The van der Waals surface area contributed by atoms with Crippen LogP contribution in [0.3, 0.4) is 0 Å². The zero-order chi connectivity index (χ0) is 16.2. The van der Waals surface area contributed by atoms with E-state index >= 15 is 0 Å². The quantitative estimate of drug-likeness (QED) is 0.845. The first-order chi connectivity index (χ1) is 11.1. The van der Waals surface area contributed by atoms with E-state index in [4.69, 9.17) is 14.0 Å². The number of hydrogen-bond donors (Lipinski definition) is 0. The molecule has 0 saturated carbocycles. The monoisotopic (exact) mass is 317 g/mol. The van der Waals surface area contributed by atoms with Gasteiger partial charge >= 0.3 is 0 Å². The molecule has 2 atom stereocenters. The Labute approximate surface area is 136 Å². The van der Waals surface area contributed by atoms with Crippen LogP contribution in [0.5, 0.6) is 5.75 Å². The predicted octanol–water partition coefficient (Wildman–Crippen LogP) is 2.74. The molecule has 0 spiro atoms. The molecular weight excluding hydrogens is 294 g/mol. The molecule has 2 unspecified atom stereocenters. The molecule has 1 fully saturated rings. The molecule has 0 radical (unpaired) electrons. The van der Waals surface area contributed by atoms with Gasteiger partial charge in [-0.2, -0.15) is 4.98 Å². The minimum atomic E-state index is 0.229. The van der Waals surface area contributed by atoms with Gasteiger partial charge in [0.05, 0.1) is 25.4 Å². The van der Waals surface area contributed by atoms with Crippen LogP contribution in [-0.4, -0.2) is 46.9 Å². The van der Waals surface area contributed by atoms with Gasteiger partial charge in [0.1, 0.15) is 5.75 Å². The van der Waals surface area contributed by atoms with Gasteiger partial charge in [-0.05, 0) is 45.0 Å². The van der Waals surface area contributed by atoms with E-state index in [0.29, 0.717) is 24.9 Å². The van der Waals surface area contributed by atoms with E-state index in [9.17, 15) is 0 Å². The highest BCUT2D eigenvalue weighted by atomic mass is 16.5. The van der Waals surface area contributed by atoms with E-state index in [0.717, 1.165) is 24.4 Å². The lowest BCUT2D eigenvalue weighted by Crippen LogP contribution is -2.44. The molecule has 1 aromatic heterocycles. The van der Waals surface area contributed by atoms with Crippen LogP contribution in [0.15, 0.2) is 28.8 Å². The molecule has 2 heterocycles. The highest BCUT2D eigenvalue weighted by Gasteiger charge is 2.23. The molecule has 124 valence electrons.